The van der Waals surface area contributed by atoms with Crippen molar-refractivity contribution in [1.29, 1.82) is 0 Å². The standard InChI is InChI=1S/C5H8O3/c1-2-5(8,3-6)4-7/h1,6-8H,3-4H2/i3D2. The van der Waals surface area contributed by atoms with Gasteiger partial charge in [0.15, 0.2) is 5.60 Å². The van der Waals surface area contributed by atoms with Gasteiger partial charge in [0.05, 0.1) is 15.9 Å². The molecular formula is C5H8O3. The van der Waals surface area contributed by atoms with Gasteiger partial charge in [0, 0.05) is 0 Å². The van der Waals surface area contributed by atoms with E-state index < -0.39 is 18.8 Å². The van der Waals surface area contributed by atoms with Gasteiger partial charge in [-0.25, -0.2) is 0 Å². The summed E-state index contributed by atoms with van der Waals surface area (Å²) in [6, 6.07) is 0. The lowest BCUT2D eigenvalue weighted by Crippen LogP contribution is -2.35. The van der Waals surface area contributed by atoms with Gasteiger partial charge in [0.2, 0.25) is 0 Å². The second kappa shape index (κ2) is 2.68. The molecule has 0 spiro atoms. The first-order valence-corrected chi connectivity index (χ1v) is 1.91. The Bertz CT molecular complexity index is 157. The minimum absolute atomic E-state index is 1.02. The first kappa shape index (κ1) is 4.33. The van der Waals surface area contributed by atoms with Crippen LogP contribution in [0.2, 0.25) is 0 Å². The van der Waals surface area contributed by atoms with Crippen molar-refractivity contribution in [3.8, 4) is 12.3 Å². The summed E-state index contributed by atoms with van der Waals surface area (Å²) in [4.78, 5) is 0. The first-order chi connectivity index (χ1) is 4.37. The van der Waals surface area contributed by atoms with Crippen molar-refractivity contribution in [2.24, 2.45) is 0 Å². The summed E-state index contributed by atoms with van der Waals surface area (Å²) in [7, 11) is 0. The van der Waals surface area contributed by atoms with Crippen LogP contribution in [0, 0.1) is 12.3 Å². The van der Waals surface area contributed by atoms with E-state index in [-0.39, 0.29) is 0 Å². The zero-order valence-corrected chi connectivity index (χ0v) is 4.13. The van der Waals surface area contributed by atoms with E-state index in [0.29, 0.717) is 0 Å². The maximum Gasteiger partial charge on any atom is 0.171 e. The van der Waals surface area contributed by atoms with Crippen molar-refractivity contribution >= 4 is 0 Å². The monoisotopic (exact) mass is 118 g/mol. The van der Waals surface area contributed by atoms with Gasteiger partial charge in [0.25, 0.3) is 0 Å². The smallest absolute Gasteiger partial charge is 0.171 e. The Morgan fingerprint density at radius 1 is 1.75 bits per heavy atom. The van der Waals surface area contributed by atoms with E-state index in [1.807, 2.05) is 0 Å². The van der Waals surface area contributed by atoms with E-state index in [1.165, 1.54) is 0 Å². The Hall–Kier alpha value is -0.560. The Labute approximate surface area is 50.4 Å². The summed E-state index contributed by atoms with van der Waals surface area (Å²) in [6.07, 6.45) is 4.64. The van der Waals surface area contributed by atoms with Crippen LogP contribution in [0.4, 0.5) is 0 Å². The molecule has 8 heavy (non-hydrogen) atoms. The lowest BCUT2D eigenvalue weighted by molar-refractivity contribution is -0.00926. The molecule has 0 fully saturated rings. The predicted octanol–water partition coefficient (Wildman–Crippen LogP) is -1.66. The highest BCUT2D eigenvalue weighted by Gasteiger charge is 2.20. The van der Waals surface area contributed by atoms with E-state index in [1.54, 1.807) is 5.92 Å². The molecule has 0 saturated heterocycles. The number of aliphatic hydroxyl groups excluding tert-OH is 1. The molecule has 3 heteroatoms. The second-order valence-electron chi connectivity index (χ2n) is 1.27. The molecule has 0 aliphatic heterocycles. The molecule has 0 aromatic carbocycles. The third kappa shape index (κ3) is 1.51. The molecule has 0 aromatic rings. The van der Waals surface area contributed by atoms with E-state index >= 15 is 0 Å². The lowest BCUT2D eigenvalue weighted by atomic mass is 10.1. The molecule has 3 N–H and O–H groups in total. The molecule has 0 bridgehead atoms. The summed E-state index contributed by atoms with van der Waals surface area (Å²) in [5, 5.41) is 25.7. The zero-order chi connectivity index (χ0) is 8.41. The van der Waals surface area contributed by atoms with Gasteiger partial charge in [-0.3, -0.25) is 0 Å². The fraction of sp³-hybridized carbons (Fsp3) is 0.600. The van der Waals surface area contributed by atoms with Crippen molar-refractivity contribution < 1.29 is 18.1 Å². The molecular weight excluding hydrogens is 108 g/mol. The summed E-state index contributed by atoms with van der Waals surface area (Å²) < 4.78 is 13.1. The van der Waals surface area contributed by atoms with Gasteiger partial charge in [0.1, 0.15) is 0 Å². The van der Waals surface area contributed by atoms with Crippen molar-refractivity contribution in [3.05, 3.63) is 0 Å². The van der Waals surface area contributed by atoms with Gasteiger partial charge in [-0.05, 0) is 0 Å². The maximum absolute atomic E-state index is 8.85. The minimum Gasteiger partial charge on any atom is -0.392 e. The molecule has 0 radical (unpaired) electrons. The van der Waals surface area contributed by atoms with Gasteiger partial charge in [-0.1, -0.05) is 5.92 Å². The summed E-state index contributed by atoms with van der Waals surface area (Å²) in [5.41, 5.74) is -2.51. The van der Waals surface area contributed by atoms with Crippen LogP contribution in [-0.4, -0.2) is 34.1 Å². The topological polar surface area (TPSA) is 60.7 Å². The highest BCUT2D eigenvalue weighted by molar-refractivity contribution is 5.06. The normalized spacial score (nSPS) is 22.2. The van der Waals surface area contributed by atoms with Crippen molar-refractivity contribution in [2.75, 3.05) is 13.2 Å². The van der Waals surface area contributed by atoms with Gasteiger partial charge < -0.3 is 15.3 Å². The van der Waals surface area contributed by atoms with Crippen LogP contribution >= 0.6 is 0 Å². The van der Waals surface area contributed by atoms with Crippen molar-refractivity contribution in [2.45, 2.75) is 5.60 Å². The fourth-order valence-electron chi connectivity index (χ4n) is 0.113. The van der Waals surface area contributed by atoms with Gasteiger partial charge in [-0.2, -0.15) is 0 Å². The van der Waals surface area contributed by atoms with Crippen LogP contribution in [0.25, 0.3) is 0 Å². The summed E-state index contributed by atoms with van der Waals surface area (Å²) in [5.74, 6) is 1.55. The first-order valence-electron chi connectivity index (χ1n) is 2.91. The average molecular weight is 118 g/mol. The second-order valence-corrected chi connectivity index (χ2v) is 1.27. The molecule has 0 heterocycles. The van der Waals surface area contributed by atoms with Crippen LogP contribution in [0.5, 0.6) is 0 Å². The largest absolute Gasteiger partial charge is 0.392 e. The summed E-state index contributed by atoms with van der Waals surface area (Å²) in [6.45, 7) is -4.00. The Balaban J connectivity index is 4.54. The number of hydrogen-bond acceptors (Lipinski definition) is 3. The molecule has 1 unspecified atom stereocenters. The minimum atomic E-state index is -2.98. The van der Waals surface area contributed by atoms with Gasteiger partial charge in [-0.15, -0.1) is 6.42 Å². The van der Waals surface area contributed by atoms with Gasteiger partial charge >= 0.3 is 0 Å². The van der Waals surface area contributed by atoms with Crippen LogP contribution in [0.15, 0.2) is 0 Å². The third-order valence-electron chi connectivity index (χ3n) is 0.653. The highest BCUT2D eigenvalue weighted by atomic mass is 16.4. The number of aliphatic hydroxyl groups is 3. The molecule has 0 rings (SSSR count). The molecule has 0 aromatic heterocycles. The zero-order valence-electron chi connectivity index (χ0n) is 6.13. The fourth-order valence-corrected chi connectivity index (χ4v) is 0.113. The summed E-state index contributed by atoms with van der Waals surface area (Å²) >= 11 is 0. The third-order valence-corrected chi connectivity index (χ3v) is 0.653. The Morgan fingerprint density at radius 3 is 2.25 bits per heavy atom. The predicted molar refractivity (Wildman–Crippen MR) is 28.0 cm³/mol. The van der Waals surface area contributed by atoms with E-state index in [9.17, 15) is 0 Å². The van der Waals surface area contributed by atoms with Crippen LogP contribution in [0.1, 0.15) is 2.74 Å². The van der Waals surface area contributed by atoms with E-state index in [2.05, 4.69) is 6.42 Å². The van der Waals surface area contributed by atoms with Crippen LogP contribution < -0.4 is 0 Å². The van der Waals surface area contributed by atoms with Crippen molar-refractivity contribution in [3.63, 3.8) is 0 Å². The lowest BCUT2D eigenvalue weighted by Gasteiger charge is -2.13. The molecule has 3 nitrogen and oxygen atoms in total. The Morgan fingerprint density at radius 2 is 2.25 bits per heavy atom. The SMILES string of the molecule is [2H]C([2H])(O)C(O)(C#C)CO. The number of hydrogen-bond donors (Lipinski definition) is 3. The molecule has 0 aliphatic rings. The van der Waals surface area contributed by atoms with Crippen LogP contribution in [-0.2, 0) is 0 Å². The quantitative estimate of drug-likeness (QED) is 0.380. The van der Waals surface area contributed by atoms with Crippen molar-refractivity contribution in [1.82, 2.24) is 0 Å². The Kier molecular flexibility index (Phi) is 1.45. The molecule has 1 atom stereocenters. The molecule has 0 saturated carbocycles. The van der Waals surface area contributed by atoms with E-state index in [4.69, 9.17) is 18.1 Å². The van der Waals surface area contributed by atoms with Crippen LogP contribution in [0.3, 0.4) is 0 Å². The van der Waals surface area contributed by atoms with E-state index in [0.717, 1.165) is 0 Å². The maximum atomic E-state index is 8.85. The number of rotatable bonds is 2. The average Bonchev–Trinajstić information content (AvgIpc) is 1.84. The highest BCUT2D eigenvalue weighted by Crippen LogP contribution is 1.96. The molecule has 46 valence electrons. The number of terminal acetylenes is 1. The molecule has 0 aliphatic carbocycles. The molecule has 0 amide bonds.